The van der Waals surface area contributed by atoms with Gasteiger partial charge in [-0.15, -0.1) is 0 Å². The maximum absolute atomic E-state index is 10.4. The fourth-order valence-electron chi connectivity index (χ4n) is 5.44. The molecule has 3 N–H and O–H groups in total. The van der Waals surface area contributed by atoms with Crippen LogP contribution in [0, 0.1) is 59.5 Å². The average molecular weight is 609 g/mol. The monoisotopic (exact) mass is 608 g/mol. The van der Waals surface area contributed by atoms with Gasteiger partial charge in [-0.05, 0) is 56.3 Å². The Morgan fingerprint density at radius 2 is 0.588 bits per heavy atom. The van der Waals surface area contributed by atoms with Gasteiger partial charge in [-0.3, -0.25) is 14.4 Å². The molecule has 0 spiro atoms. The molecule has 0 heterocycles. The molecule has 0 aromatic rings. The number of hydrogen-bond donors (Lipinski definition) is 3. The molecule has 34 heavy (non-hydrogen) atoms. The minimum absolute atomic E-state index is 0. The zero-order valence-corrected chi connectivity index (χ0v) is 24.3. The molecule has 3 fully saturated rings. The van der Waals surface area contributed by atoms with Crippen molar-refractivity contribution in [2.24, 2.45) is 17.8 Å². The molecule has 3 saturated carbocycles. The van der Waals surface area contributed by atoms with Crippen molar-refractivity contribution in [3.05, 3.63) is 0 Å². The third kappa shape index (κ3) is 20.0. The van der Waals surface area contributed by atoms with E-state index in [4.69, 9.17) is 15.3 Å². The molecule has 3 aliphatic carbocycles. The molecule has 0 aromatic heterocycles. The van der Waals surface area contributed by atoms with Gasteiger partial charge in [0.05, 0.1) is 0 Å². The molecule has 0 bridgehead atoms. The van der Waals surface area contributed by atoms with Crippen LogP contribution < -0.4 is 0 Å². The van der Waals surface area contributed by atoms with Crippen molar-refractivity contribution in [3.8, 4) is 0 Å². The molecule has 0 amide bonds. The Bertz CT molecular complexity index is 453. The van der Waals surface area contributed by atoms with Crippen LogP contribution in [0.5, 0.6) is 0 Å². The van der Waals surface area contributed by atoms with Crippen LogP contribution in [-0.4, -0.2) is 33.2 Å². The number of carboxylic acids is 3. The van der Waals surface area contributed by atoms with Crippen LogP contribution in [0.2, 0.25) is 0 Å². The Kier molecular flexibility index (Phi) is 21.9. The second-order valence-corrected chi connectivity index (χ2v) is 10.4. The largest absolute Gasteiger partial charge is 0.481 e. The van der Waals surface area contributed by atoms with Gasteiger partial charge < -0.3 is 15.3 Å². The van der Waals surface area contributed by atoms with E-state index in [1.54, 1.807) is 0 Å². The Morgan fingerprint density at radius 1 is 0.412 bits per heavy atom. The summed E-state index contributed by atoms with van der Waals surface area (Å²) in [5.74, 6) is -0.481. The van der Waals surface area contributed by atoms with E-state index in [1.807, 2.05) is 0 Å². The molecule has 0 atom stereocenters. The first-order chi connectivity index (χ1) is 15.9. The van der Waals surface area contributed by atoms with Crippen LogP contribution in [0.4, 0.5) is 0 Å². The van der Waals surface area contributed by atoms with Crippen LogP contribution in [0.25, 0.3) is 0 Å². The first-order valence-electron chi connectivity index (χ1n) is 13.5. The van der Waals surface area contributed by atoms with Gasteiger partial charge in [0.25, 0.3) is 0 Å². The molecule has 3 aliphatic rings. The maximum atomic E-state index is 10.4. The summed E-state index contributed by atoms with van der Waals surface area (Å²) in [6.07, 6.45) is 23.2. The summed E-state index contributed by atoms with van der Waals surface area (Å²) in [7, 11) is 0. The molecule has 0 saturated heterocycles. The Balaban J connectivity index is 0.000000473. The van der Waals surface area contributed by atoms with Crippen LogP contribution in [0.15, 0.2) is 0 Å². The Labute approximate surface area is 240 Å². The van der Waals surface area contributed by atoms with Gasteiger partial charge in [0.1, 0.15) is 0 Å². The first-order valence-corrected chi connectivity index (χ1v) is 13.5. The quantitative estimate of drug-likeness (QED) is 0.273. The number of aliphatic carboxylic acids is 3. The molecular formula is C27H48CeO6. The summed E-state index contributed by atoms with van der Waals surface area (Å²) in [6, 6.07) is 0. The topological polar surface area (TPSA) is 112 Å². The van der Waals surface area contributed by atoms with E-state index < -0.39 is 17.9 Å². The van der Waals surface area contributed by atoms with Crippen molar-refractivity contribution in [2.45, 2.75) is 135 Å². The van der Waals surface area contributed by atoms with Crippen LogP contribution in [-0.2, 0) is 14.4 Å². The summed E-state index contributed by atoms with van der Waals surface area (Å²) in [5, 5.41) is 25.7. The second kappa shape index (κ2) is 22.0. The summed E-state index contributed by atoms with van der Waals surface area (Å²) in [4.78, 5) is 31.1. The predicted octanol–water partition coefficient (Wildman–Crippen LogP) is 7.29. The van der Waals surface area contributed by atoms with Gasteiger partial charge in [-0.1, -0.05) is 77.0 Å². The van der Waals surface area contributed by atoms with Crippen molar-refractivity contribution in [1.29, 1.82) is 0 Å². The Morgan fingerprint density at radius 3 is 0.735 bits per heavy atom. The molecule has 0 unspecified atom stereocenters. The zero-order valence-electron chi connectivity index (χ0n) is 21.1. The molecule has 0 aromatic carbocycles. The molecule has 6 nitrogen and oxygen atoms in total. The number of carboxylic acid groups (broad SMARTS) is 3. The number of hydrogen-bond acceptors (Lipinski definition) is 3. The first kappa shape index (κ1) is 33.8. The van der Waals surface area contributed by atoms with E-state index >= 15 is 0 Å². The van der Waals surface area contributed by atoms with Crippen molar-refractivity contribution >= 4 is 17.9 Å². The van der Waals surface area contributed by atoms with E-state index in [9.17, 15) is 14.4 Å². The van der Waals surface area contributed by atoms with E-state index in [-0.39, 0.29) is 41.7 Å². The average Bonchev–Trinajstić information content (AvgIpc) is 3.24. The molecule has 0 radical (unpaired) electrons. The van der Waals surface area contributed by atoms with Gasteiger partial charge in [-0.2, -0.15) is 0 Å². The number of carbonyl (C=O) groups is 3. The molecule has 196 valence electrons. The van der Waals surface area contributed by atoms with Gasteiger partial charge in [0.2, 0.25) is 0 Å². The van der Waals surface area contributed by atoms with E-state index in [0.29, 0.717) is 37.0 Å². The second-order valence-electron chi connectivity index (χ2n) is 10.4. The summed E-state index contributed by atoms with van der Waals surface area (Å²) in [5.41, 5.74) is 0. The van der Waals surface area contributed by atoms with Crippen molar-refractivity contribution in [1.82, 2.24) is 0 Å². The standard InChI is InChI=1S/3C9H16O2.Ce/c3*10-9(11)7-8-5-3-1-2-4-6-8;/h3*8H,1-7H2,(H,10,11);. The molecule has 7 heteroatoms. The summed E-state index contributed by atoms with van der Waals surface area (Å²) >= 11 is 0. The van der Waals surface area contributed by atoms with E-state index in [0.717, 1.165) is 38.5 Å². The molecule has 3 rings (SSSR count). The summed E-state index contributed by atoms with van der Waals surface area (Å²) < 4.78 is 0. The smallest absolute Gasteiger partial charge is 0.303 e. The third-order valence-corrected chi connectivity index (χ3v) is 7.31. The fraction of sp³-hybridized carbons (Fsp3) is 0.889. The third-order valence-electron chi connectivity index (χ3n) is 7.31. The molecule has 0 aliphatic heterocycles. The molecular weight excluding hydrogens is 560 g/mol. The normalized spacial score (nSPS) is 20.5. The zero-order chi connectivity index (χ0) is 24.3. The Hall–Kier alpha value is -0.213. The van der Waals surface area contributed by atoms with E-state index in [1.165, 1.54) is 77.0 Å². The van der Waals surface area contributed by atoms with Gasteiger partial charge in [0, 0.05) is 61.0 Å². The van der Waals surface area contributed by atoms with E-state index in [2.05, 4.69) is 0 Å². The van der Waals surface area contributed by atoms with Crippen molar-refractivity contribution in [3.63, 3.8) is 0 Å². The number of rotatable bonds is 6. The van der Waals surface area contributed by atoms with Gasteiger partial charge in [-0.25, -0.2) is 0 Å². The summed E-state index contributed by atoms with van der Waals surface area (Å²) in [6.45, 7) is 0. The van der Waals surface area contributed by atoms with Crippen LogP contribution in [0.3, 0.4) is 0 Å². The maximum Gasteiger partial charge on any atom is 0.303 e. The minimum Gasteiger partial charge on any atom is -0.481 e. The predicted molar refractivity (Wildman–Crippen MR) is 130 cm³/mol. The minimum atomic E-state index is -0.628. The fourth-order valence-corrected chi connectivity index (χ4v) is 5.44. The van der Waals surface area contributed by atoms with Crippen molar-refractivity contribution < 1.29 is 71.5 Å². The SMILES string of the molecule is O=C(O)CC1CCCCCC1.O=C(O)CC1CCCCCC1.O=C(O)CC1CCCCCC1.[Ce]. The van der Waals surface area contributed by atoms with Gasteiger partial charge >= 0.3 is 17.9 Å². The van der Waals surface area contributed by atoms with Crippen molar-refractivity contribution in [2.75, 3.05) is 0 Å². The van der Waals surface area contributed by atoms with Crippen LogP contribution >= 0.6 is 0 Å². The van der Waals surface area contributed by atoms with Crippen LogP contribution in [0.1, 0.15) is 135 Å². The van der Waals surface area contributed by atoms with Gasteiger partial charge in [0.15, 0.2) is 0 Å².